The Bertz CT molecular complexity index is 252. The van der Waals surface area contributed by atoms with Gasteiger partial charge in [0.15, 0.2) is 5.50 Å². The summed E-state index contributed by atoms with van der Waals surface area (Å²) >= 11 is 11.1. The molecule has 0 aliphatic heterocycles. The van der Waals surface area contributed by atoms with Crippen LogP contribution in [0, 0.1) is 4.91 Å². The summed E-state index contributed by atoms with van der Waals surface area (Å²) < 4.78 is 13.1. The molecule has 1 aliphatic rings. The molecule has 0 aromatic heterocycles. The highest BCUT2D eigenvalue weighted by molar-refractivity contribution is 6.33. The molecule has 0 radical (unpaired) electrons. The second kappa shape index (κ2) is 4.01. The molecule has 5 heteroatoms. The van der Waals surface area contributed by atoms with Gasteiger partial charge in [0, 0.05) is 17.0 Å². The minimum Gasteiger partial charge on any atom is -0.242 e. The first-order valence-electron chi connectivity index (χ1n) is 3.33. The fourth-order valence-corrected chi connectivity index (χ4v) is 1.60. The van der Waals surface area contributed by atoms with Gasteiger partial charge >= 0.3 is 0 Å². The average Bonchev–Trinajstić information content (AvgIpc) is 2.03. The van der Waals surface area contributed by atoms with Crippen LogP contribution in [0.3, 0.4) is 0 Å². The van der Waals surface area contributed by atoms with E-state index in [9.17, 15) is 9.30 Å². The Morgan fingerprint density at radius 3 is 2.92 bits per heavy atom. The maximum atomic E-state index is 13.1. The molecule has 0 amide bonds. The van der Waals surface area contributed by atoms with Crippen molar-refractivity contribution in [2.24, 2.45) is 5.18 Å². The van der Waals surface area contributed by atoms with Crippen molar-refractivity contribution in [1.82, 2.24) is 0 Å². The zero-order valence-electron chi connectivity index (χ0n) is 6.01. The molecule has 0 saturated carbocycles. The Labute approximate surface area is 79.0 Å². The third-order valence-corrected chi connectivity index (χ3v) is 2.23. The van der Waals surface area contributed by atoms with Crippen LogP contribution >= 0.6 is 23.2 Å². The van der Waals surface area contributed by atoms with Gasteiger partial charge in [0.05, 0.1) is 0 Å². The number of hydrogen-bond acceptors (Lipinski definition) is 2. The molecule has 0 bridgehead atoms. The zero-order chi connectivity index (χ0) is 9.14. The van der Waals surface area contributed by atoms with E-state index in [1.165, 1.54) is 6.08 Å². The van der Waals surface area contributed by atoms with Gasteiger partial charge in [-0.3, -0.25) is 0 Å². The van der Waals surface area contributed by atoms with E-state index in [-0.39, 0.29) is 17.0 Å². The molecule has 0 aromatic rings. The first-order valence-corrected chi connectivity index (χ1v) is 4.15. The van der Waals surface area contributed by atoms with E-state index in [4.69, 9.17) is 23.2 Å². The summed E-state index contributed by atoms with van der Waals surface area (Å²) in [4.78, 5) is 10.0. The van der Waals surface area contributed by atoms with Crippen LogP contribution in [0.1, 0.15) is 6.42 Å². The number of rotatable bonds is 2. The van der Waals surface area contributed by atoms with Crippen molar-refractivity contribution in [3.8, 4) is 0 Å². The summed E-state index contributed by atoms with van der Waals surface area (Å²) in [7, 11) is 0. The molecule has 0 heterocycles. The van der Waals surface area contributed by atoms with E-state index in [2.05, 4.69) is 5.18 Å². The van der Waals surface area contributed by atoms with Crippen molar-refractivity contribution in [2.45, 2.75) is 18.1 Å². The Morgan fingerprint density at radius 1 is 1.75 bits per heavy atom. The van der Waals surface area contributed by atoms with Crippen LogP contribution in [0.4, 0.5) is 4.39 Å². The van der Waals surface area contributed by atoms with E-state index in [0.717, 1.165) is 0 Å². The third-order valence-electron chi connectivity index (χ3n) is 1.57. The molecule has 0 saturated heterocycles. The van der Waals surface area contributed by atoms with Gasteiger partial charge in [-0.15, -0.1) is 4.91 Å². The van der Waals surface area contributed by atoms with Crippen molar-refractivity contribution >= 4 is 23.2 Å². The second-order valence-corrected chi connectivity index (χ2v) is 3.17. The molecule has 66 valence electrons. The Hall–Kier alpha value is -0.410. The standard InChI is InChI=1S/C7H6Cl2FNO/c8-4-2-1-3-5(10)6(4)7(9)11-12/h1-2,5,7H,3H2. The normalized spacial score (nSPS) is 25.8. The number of halogens is 3. The van der Waals surface area contributed by atoms with Crippen molar-refractivity contribution < 1.29 is 4.39 Å². The molecule has 1 aliphatic carbocycles. The summed E-state index contributed by atoms with van der Waals surface area (Å²) in [6.07, 6.45) is 2.02. The maximum absolute atomic E-state index is 13.1. The van der Waals surface area contributed by atoms with Crippen LogP contribution in [0.5, 0.6) is 0 Å². The van der Waals surface area contributed by atoms with Crippen LogP contribution in [0.2, 0.25) is 0 Å². The van der Waals surface area contributed by atoms with Crippen LogP contribution < -0.4 is 0 Å². The van der Waals surface area contributed by atoms with E-state index >= 15 is 0 Å². The molecule has 2 unspecified atom stereocenters. The van der Waals surface area contributed by atoms with Gasteiger partial charge in [-0.1, -0.05) is 29.3 Å². The Balaban J connectivity index is 2.95. The molecule has 0 N–H and O–H groups in total. The fraction of sp³-hybridized carbons (Fsp3) is 0.429. The highest BCUT2D eigenvalue weighted by Crippen LogP contribution is 2.30. The van der Waals surface area contributed by atoms with E-state index < -0.39 is 11.7 Å². The van der Waals surface area contributed by atoms with E-state index in [1.54, 1.807) is 6.08 Å². The Morgan fingerprint density at radius 2 is 2.42 bits per heavy atom. The number of alkyl halides is 2. The number of nitroso groups, excluding NO2 is 1. The molecule has 2 nitrogen and oxygen atoms in total. The minimum atomic E-state index is -1.29. The molecule has 0 fully saturated rings. The van der Waals surface area contributed by atoms with Gasteiger partial charge < -0.3 is 0 Å². The summed E-state index contributed by atoms with van der Waals surface area (Å²) in [5.41, 5.74) is -1.13. The number of hydrogen-bond donors (Lipinski definition) is 0. The number of allylic oxidation sites excluding steroid dienone is 3. The molecule has 2 atom stereocenters. The number of nitrogens with zero attached hydrogens (tertiary/aromatic N) is 1. The lowest BCUT2D eigenvalue weighted by Gasteiger charge is -2.16. The average molecular weight is 210 g/mol. The van der Waals surface area contributed by atoms with Crippen LogP contribution in [0.15, 0.2) is 27.9 Å². The van der Waals surface area contributed by atoms with Crippen molar-refractivity contribution in [2.75, 3.05) is 0 Å². The van der Waals surface area contributed by atoms with E-state index in [0.29, 0.717) is 0 Å². The molecule has 1 rings (SSSR count). The van der Waals surface area contributed by atoms with Gasteiger partial charge in [-0.2, -0.15) is 0 Å². The van der Waals surface area contributed by atoms with Gasteiger partial charge in [0.2, 0.25) is 0 Å². The van der Waals surface area contributed by atoms with Crippen molar-refractivity contribution in [3.63, 3.8) is 0 Å². The lowest BCUT2D eigenvalue weighted by Crippen LogP contribution is -2.15. The quantitative estimate of drug-likeness (QED) is 0.391. The summed E-state index contributed by atoms with van der Waals surface area (Å²) in [6.45, 7) is 0. The highest BCUT2D eigenvalue weighted by atomic mass is 35.5. The predicted octanol–water partition coefficient (Wildman–Crippen LogP) is 3.11. The lowest BCUT2D eigenvalue weighted by molar-refractivity contribution is 0.375. The predicted molar refractivity (Wildman–Crippen MR) is 47.0 cm³/mol. The molecule has 0 spiro atoms. The van der Waals surface area contributed by atoms with Crippen molar-refractivity contribution in [3.05, 3.63) is 27.7 Å². The third kappa shape index (κ3) is 1.84. The second-order valence-electron chi connectivity index (χ2n) is 2.35. The van der Waals surface area contributed by atoms with Crippen LogP contribution in [-0.2, 0) is 0 Å². The van der Waals surface area contributed by atoms with Gasteiger partial charge in [0.1, 0.15) is 6.17 Å². The van der Waals surface area contributed by atoms with Gasteiger partial charge in [-0.25, -0.2) is 4.39 Å². The topological polar surface area (TPSA) is 29.4 Å². The fourth-order valence-electron chi connectivity index (χ4n) is 0.984. The first kappa shape index (κ1) is 9.68. The molecule has 12 heavy (non-hydrogen) atoms. The largest absolute Gasteiger partial charge is 0.242 e. The van der Waals surface area contributed by atoms with Gasteiger partial charge in [0.25, 0.3) is 0 Å². The van der Waals surface area contributed by atoms with Gasteiger partial charge in [-0.05, 0) is 11.3 Å². The van der Waals surface area contributed by atoms with Crippen molar-refractivity contribution in [1.29, 1.82) is 0 Å². The summed E-state index contributed by atoms with van der Waals surface area (Å²) in [5.74, 6) is 0. The van der Waals surface area contributed by atoms with E-state index in [1.807, 2.05) is 0 Å². The monoisotopic (exact) mass is 209 g/mol. The molecular formula is C7H6Cl2FNO. The minimum absolute atomic E-state index is 0.0656. The highest BCUT2D eigenvalue weighted by Gasteiger charge is 2.25. The summed E-state index contributed by atoms with van der Waals surface area (Å²) in [5, 5.41) is 2.69. The first-order chi connectivity index (χ1) is 5.66. The van der Waals surface area contributed by atoms with Crippen LogP contribution in [-0.4, -0.2) is 11.7 Å². The Kier molecular flexibility index (Phi) is 3.23. The maximum Gasteiger partial charge on any atom is 0.191 e. The molecule has 0 aromatic carbocycles. The SMILES string of the molecule is O=NC(Cl)C1=C(Cl)C=CCC1F. The smallest absolute Gasteiger partial charge is 0.191 e. The summed E-state index contributed by atoms with van der Waals surface area (Å²) in [6, 6.07) is 0. The van der Waals surface area contributed by atoms with Crippen LogP contribution in [0.25, 0.3) is 0 Å². The lowest BCUT2D eigenvalue weighted by atomic mass is 10.0. The zero-order valence-corrected chi connectivity index (χ0v) is 7.52. The molecular weight excluding hydrogens is 204 g/mol.